The monoisotopic (exact) mass is 250 g/mol. The van der Waals surface area contributed by atoms with E-state index in [0.29, 0.717) is 6.04 Å². The summed E-state index contributed by atoms with van der Waals surface area (Å²) in [6.45, 7) is 11.5. The fourth-order valence-corrected chi connectivity index (χ4v) is 1.94. The van der Waals surface area contributed by atoms with Gasteiger partial charge in [-0.25, -0.2) is 9.97 Å². The van der Waals surface area contributed by atoms with Gasteiger partial charge in [0.2, 0.25) is 0 Å². The van der Waals surface area contributed by atoms with E-state index < -0.39 is 0 Å². The van der Waals surface area contributed by atoms with Gasteiger partial charge in [0.25, 0.3) is 0 Å². The molecule has 0 radical (unpaired) electrons. The predicted molar refractivity (Wildman–Crippen MR) is 78.3 cm³/mol. The number of aryl methyl sites for hydroxylation is 1. The summed E-state index contributed by atoms with van der Waals surface area (Å²) < 4.78 is 0. The number of rotatable bonds is 7. The number of nitrogens with one attached hydrogen (secondary N) is 2. The van der Waals surface area contributed by atoms with Gasteiger partial charge >= 0.3 is 0 Å². The van der Waals surface area contributed by atoms with Gasteiger partial charge < -0.3 is 10.6 Å². The first-order valence-electron chi connectivity index (χ1n) is 7.00. The van der Waals surface area contributed by atoms with E-state index in [1.807, 2.05) is 0 Å². The summed E-state index contributed by atoms with van der Waals surface area (Å²) in [6.07, 6.45) is 3.19. The zero-order valence-electron chi connectivity index (χ0n) is 12.3. The fourth-order valence-electron chi connectivity index (χ4n) is 1.94. The lowest BCUT2D eigenvalue weighted by Crippen LogP contribution is -2.18. The normalized spacial score (nSPS) is 12.3. The van der Waals surface area contributed by atoms with E-state index in [9.17, 15) is 0 Å². The van der Waals surface area contributed by atoms with Crippen LogP contribution in [0.15, 0.2) is 0 Å². The van der Waals surface area contributed by atoms with Crippen LogP contribution in [-0.4, -0.2) is 22.6 Å². The maximum Gasteiger partial charge on any atom is 0.134 e. The first kappa shape index (κ1) is 14.7. The molecule has 0 bridgehead atoms. The van der Waals surface area contributed by atoms with Gasteiger partial charge in [-0.2, -0.15) is 0 Å². The molecule has 102 valence electrons. The number of nitrogens with zero attached hydrogens (tertiary/aromatic N) is 2. The van der Waals surface area contributed by atoms with Crippen molar-refractivity contribution in [1.82, 2.24) is 9.97 Å². The average molecular weight is 250 g/mol. The Morgan fingerprint density at radius 3 is 2.33 bits per heavy atom. The Kier molecular flexibility index (Phi) is 5.89. The molecule has 2 N–H and O–H groups in total. The van der Waals surface area contributed by atoms with Crippen molar-refractivity contribution in [3.8, 4) is 0 Å². The molecule has 0 aliphatic heterocycles. The maximum atomic E-state index is 4.59. The second-order valence-corrected chi connectivity index (χ2v) is 4.68. The largest absolute Gasteiger partial charge is 0.370 e. The highest BCUT2D eigenvalue weighted by molar-refractivity contribution is 5.57. The third-order valence-electron chi connectivity index (χ3n) is 2.96. The SMILES string of the molecule is CCCC(C)Nc1nc(CC)nc(NCC)c1C. The highest BCUT2D eigenvalue weighted by Crippen LogP contribution is 2.21. The fraction of sp³-hybridized carbons (Fsp3) is 0.714. The van der Waals surface area contributed by atoms with Crippen LogP contribution in [0.2, 0.25) is 0 Å². The van der Waals surface area contributed by atoms with Crippen LogP contribution in [0.4, 0.5) is 11.6 Å². The summed E-state index contributed by atoms with van der Waals surface area (Å²) in [5.74, 6) is 2.82. The van der Waals surface area contributed by atoms with Crippen LogP contribution in [0.3, 0.4) is 0 Å². The molecule has 0 aromatic carbocycles. The second-order valence-electron chi connectivity index (χ2n) is 4.68. The van der Waals surface area contributed by atoms with Crippen molar-refractivity contribution in [3.63, 3.8) is 0 Å². The van der Waals surface area contributed by atoms with E-state index in [1.165, 1.54) is 6.42 Å². The van der Waals surface area contributed by atoms with Crippen molar-refractivity contribution in [2.75, 3.05) is 17.2 Å². The Morgan fingerprint density at radius 1 is 1.11 bits per heavy atom. The van der Waals surface area contributed by atoms with E-state index in [4.69, 9.17) is 0 Å². The lowest BCUT2D eigenvalue weighted by molar-refractivity contribution is 0.685. The van der Waals surface area contributed by atoms with Crippen LogP contribution in [-0.2, 0) is 6.42 Å². The van der Waals surface area contributed by atoms with Gasteiger partial charge in [0, 0.05) is 24.6 Å². The van der Waals surface area contributed by atoms with E-state index >= 15 is 0 Å². The van der Waals surface area contributed by atoms with E-state index in [-0.39, 0.29) is 0 Å². The minimum Gasteiger partial charge on any atom is -0.370 e. The molecule has 0 aliphatic rings. The van der Waals surface area contributed by atoms with Crippen molar-refractivity contribution >= 4 is 11.6 Å². The van der Waals surface area contributed by atoms with Gasteiger partial charge in [0.15, 0.2) is 0 Å². The number of anilines is 2. The summed E-state index contributed by atoms with van der Waals surface area (Å²) in [5, 5.41) is 6.80. The minimum atomic E-state index is 0.447. The summed E-state index contributed by atoms with van der Waals surface area (Å²) in [6, 6.07) is 0.447. The van der Waals surface area contributed by atoms with Crippen LogP contribution in [0.5, 0.6) is 0 Å². The molecule has 4 heteroatoms. The van der Waals surface area contributed by atoms with Gasteiger partial charge in [0.1, 0.15) is 17.5 Å². The molecule has 0 saturated heterocycles. The van der Waals surface area contributed by atoms with Crippen molar-refractivity contribution in [2.24, 2.45) is 0 Å². The van der Waals surface area contributed by atoms with Crippen LogP contribution < -0.4 is 10.6 Å². The average Bonchev–Trinajstić information content (AvgIpc) is 2.34. The molecule has 0 amide bonds. The standard InChI is InChI=1S/C14H26N4/c1-6-9-10(4)16-14-11(5)13(15-8-3)17-12(7-2)18-14/h10H,6-9H2,1-5H3,(H2,15,16,17,18). The summed E-state index contributed by atoms with van der Waals surface area (Å²) in [7, 11) is 0. The zero-order chi connectivity index (χ0) is 13.5. The molecular formula is C14H26N4. The van der Waals surface area contributed by atoms with Crippen molar-refractivity contribution in [2.45, 2.75) is 59.9 Å². The minimum absolute atomic E-state index is 0.447. The molecule has 1 heterocycles. The number of hydrogen-bond acceptors (Lipinski definition) is 4. The molecular weight excluding hydrogens is 224 g/mol. The summed E-state index contributed by atoms with van der Waals surface area (Å²) >= 11 is 0. The second kappa shape index (κ2) is 7.19. The van der Waals surface area contributed by atoms with E-state index in [0.717, 1.165) is 42.4 Å². The first-order valence-corrected chi connectivity index (χ1v) is 7.00. The highest BCUT2D eigenvalue weighted by atomic mass is 15.1. The van der Waals surface area contributed by atoms with Crippen molar-refractivity contribution < 1.29 is 0 Å². The topological polar surface area (TPSA) is 49.8 Å². The van der Waals surface area contributed by atoms with Crippen LogP contribution >= 0.6 is 0 Å². The molecule has 0 saturated carbocycles. The summed E-state index contributed by atoms with van der Waals surface area (Å²) in [5.41, 5.74) is 1.11. The number of aromatic nitrogens is 2. The van der Waals surface area contributed by atoms with Crippen molar-refractivity contribution in [1.29, 1.82) is 0 Å². The molecule has 1 rings (SSSR count). The molecule has 1 aromatic rings. The van der Waals surface area contributed by atoms with Gasteiger partial charge in [-0.1, -0.05) is 20.3 Å². The molecule has 4 nitrogen and oxygen atoms in total. The van der Waals surface area contributed by atoms with E-state index in [2.05, 4.69) is 55.2 Å². The first-order chi connectivity index (χ1) is 8.62. The lowest BCUT2D eigenvalue weighted by atomic mass is 10.2. The highest BCUT2D eigenvalue weighted by Gasteiger charge is 2.11. The third kappa shape index (κ3) is 3.86. The Labute approximate surface area is 111 Å². The molecule has 1 unspecified atom stereocenters. The third-order valence-corrected chi connectivity index (χ3v) is 2.96. The smallest absolute Gasteiger partial charge is 0.134 e. The Bertz CT molecular complexity index is 376. The van der Waals surface area contributed by atoms with E-state index in [1.54, 1.807) is 0 Å². The van der Waals surface area contributed by atoms with Crippen LogP contribution in [0, 0.1) is 6.92 Å². The Balaban J connectivity index is 2.97. The summed E-state index contributed by atoms with van der Waals surface area (Å²) in [4.78, 5) is 9.13. The van der Waals surface area contributed by atoms with Crippen LogP contribution in [0.1, 0.15) is 51.9 Å². The Hall–Kier alpha value is -1.32. The van der Waals surface area contributed by atoms with Gasteiger partial charge in [0.05, 0.1) is 0 Å². The van der Waals surface area contributed by atoms with Crippen molar-refractivity contribution in [3.05, 3.63) is 11.4 Å². The molecule has 0 spiro atoms. The maximum absolute atomic E-state index is 4.59. The molecule has 18 heavy (non-hydrogen) atoms. The predicted octanol–water partition coefficient (Wildman–Crippen LogP) is 3.38. The van der Waals surface area contributed by atoms with Crippen LogP contribution in [0.25, 0.3) is 0 Å². The quantitative estimate of drug-likeness (QED) is 0.779. The van der Waals surface area contributed by atoms with Gasteiger partial charge in [-0.05, 0) is 27.2 Å². The number of hydrogen-bond donors (Lipinski definition) is 2. The van der Waals surface area contributed by atoms with Gasteiger partial charge in [-0.3, -0.25) is 0 Å². The molecule has 0 aliphatic carbocycles. The lowest BCUT2D eigenvalue weighted by Gasteiger charge is -2.18. The Morgan fingerprint density at radius 2 is 1.78 bits per heavy atom. The molecule has 1 atom stereocenters. The zero-order valence-corrected chi connectivity index (χ0v) is 12.3. The molecule has 1 aromatic heterocycles. The van der Waals surface area contributed by atoms with Gasteiger partial charge in [-0.15, -0.1) is 0 Å². The molecule has 0 fully saturated rings.